The molecule has 0 radical (unpaired) electrons. The van der Waals surface area contributed by atoms with Gasteiger partial charge in [-0.15, -0.1) is 11.3 Å². The first-order valence-electron chi connectivity index (χ1n) is 7.32. The number of rotatable bonds is 2. The van der Waals surface area contributed by atoms with Crippen molar-refractivity contribution in [3.05, 3.63) is 39.8 Å². The van der Waals surface area contributed by atoms with E-state index in [-0.39, 0.29) is 11.7 Å². The quantitative estimate of drug-likeness (QED) is 0.925. The van der Waals surface area contributed by atoms with Gasteiger partial charge in [0.2, 0.25) is 0 Å². The van der Waals surface area contributed by atoms with Crippen LogP contribution in [0.25, 0.3) is 0 Å². The van der Waals surface area contributed by atoms with Crippen molar-refractivity contribution in [2.75, 3.05) is 11.4 Å². The first-order valence-corrected chi connectivity index (χ1v) is 8.20. The number of aromatic nitrogens is 1. The number of hydrogen-bond donors (Lipinski definition) is 1. The molecule has 0 spiro atoms. The molecule has 2 aliphatic rings. The number of phenols is 1. The molecule has 5 heteroatoms. The highest BCUT2D eigenvalue weighted by Gasteiger charge is 2.34. The van der Waals surface area contributed by atoms with Gasteiger partial charge in [0.25, 0.3) is 5.91 Å². The first-order chi connectivity index (χ1) is 10.3. The number of phenolic OH excluding ortho intramolecular Hbond substituents is 1. The minimum Gasteiger partial charge on any atom is -0.506 e. The van der Waals surface area contributed by atoms with Gasteiger partial charge in [-0.25, -0.2) is 4.98 Å². The normalized spacial score (nSPS) is 17.6. The van der Waals surface area contributed by atoms with Crippen LogP contribution in [0.5, 0.6) is 5.75 Å². The Labute approximate surface area is 127 Å². The molecule has 1 fully saturated rings. The summed E-state index contributed by atoms with van der Waals surface area (Å²) in [5, 5.41) is 10.2. The molecule has 1 aromatic heterocycles. The molecule has 0 atom stereocenters. The van der Waals surface area contributed by atoms with Gasteiger partial charge >= 0.3 is 0 Å². The zero-order chi connectivity index (χ0) is 14.4. The smallest absolute Gasteiger partial charge is 0.270 e. The van der Waals surface area contributed by atoms with E-state index in [0.717, 1.165) is 41.8 Å². The number of benzene rings is 1. The third kappa shape index (κ3) is 2.12. The zero-order valence-electron chi connectivity index (χ0n) is 11.6. The third-order valence-corrected chi connectivity index (χ3v) is 5.02. The number of hydrogen-bond acceptors (Lipinski definition) is 4. The molecule has 21 heavy (non-hydrogen) atoms. The van der Waals surface area contributed by atoms with Gasteiger partial charge in [0.05, 0.1) is 16.9 Å². The van der Waals surface area contributed by atoms with Gasteiger partial charge in [-0.1, -0.05) is 12.1 Å². The number of fused-ring (bicyclic) bond motifs is 1. The number of aryl methyl sites for hydroxylation is 1. The number of para-hydroxylation sites is 1. The number of anilines is 1. The standard InChI is InChI=1S/C16H16N2O2S/c19-12-5-1-3-11-4-2-8-18(14(11)12)16(20)15-13(10-6-7-10)17-9-21-15/h1,3,5,9-10,19H,2,4,6-8H2. The van der Waals surface area contributed by atoms with E-state index >= 15 is 0 Å². The Balaban J connectivity index is 1.74. The highest BCUT2D eigenvalue weighted by molar-refractivity contribution is 7.12. The van der Waals surface area contributed by atoms with Gasteiger partial charge in [-0.3, -0.25) is 4.79 Å². The molecule has 1 saturated carbocycles. The molecular weight excluding hydrogens is 284 g/mol. The Morgan fingerprint density at radius 2 is 2.24 bits per heavy atom. The van der Waals surface area contributed by atoms with Crippen LogP contribution in [0.1, 0.15) is 46.1 Å². The van der Waals surface area contributed by atoms with Crippen LogP contribution in [0.2, 0.25) is 0 Å². The summed E-state index contributed by atoms with van der Waals surface area (Å²) in [6, 6.07) is 5.48. The van der Waals surface area contributed by atoms with Crippen LogP contribution < -0.4 is 4.90 Å². The fraction of sp³-hybridized carbons (Fsp3) is 0.375. The number of thiazole rings is 1. The van der Waals surface area contributed by atoms with Gasteiger partial charge in [0.1, 0.15) is 10.6 Å². The molecule has 1 aliphatic carbocycles. The monoisotopic (exact) mass is 300 g/mol. The van der Waals surface area contributed by atoms with Crippen molar-refractivity contribution in [2.45, 2.75) is 31.6 Å². The summed E-state index contributed by atoms with van der Waals surface area (Å²) in [6.45, 7) is 0.658. The topological polar surface area (TPSA) is 53.4 Å². The van der Waals surface area contributed by atoms with E-state index < -0.39 is 0 Å². The van der Waals surface area contributed by atoms with Crippen molar-refractivity contribution >= 4 is 22.9 Å². The van der Waals surface area contributed by atoms with Gasteiger partial charge < -0.3 is 10.0 Å². The van der Waals surface area contributed by atoms with E-state index in [1.807, 2.05) is 12.1 Å². The summed E-state index contributed by atoms with van der Waals surface area (Å²) in [5.41, 5.74) is 4.44. The predicted octanol–water partition coefficient (Wildman–Crippen LogP) is 3.32. The molecule has 0 saturated heterocycles. The van der Waals surface area contributed by atoms with E-state index in [4.69, 9.17) is 0 Å². The van der Waals surface area contributed by atoms with E-state index in [1.54, 1.807) is 16.5 Å². The summed E-state index contributed by atoms with van der Waals surface area (Å²) >= 11 is 1.42. The molecule has 1 aliphatic heterocycles. The highest BCUT2D eigenvalue weighted by atomic mass is 32.1. The maximum Gasteiger partial charge on any atom is 0.270 e. The molecule has 2 aromatic rings. The number of carbonyl (C=O) groups is 1. The highest BCUT2D eigenvalue weighted by Crippen LogP contribution is 2.43. The average Bonchev–Trinajstić information content (AvgIpc) is 3.23. The lowest BCUT2D eigenvalue weighted by atomic mass is 10.0. The van der Waals surface area contributed by atoms with Crippen LogP contribution in [0.15, 0.2) is 23.7 Å². The lowest BCUT2D eigenvalue weighted by Crippen LogP contribution is -2.35. The fourth-order valence-corrected chi connectivity index (χ4v) is 3.84. The molecule has 1 N–H and O–H groups in total. The van der Waals surface area contributed by atoms with Gasteiger partial charge in [-0.05, 0) is 37.3 Å². The third-order valence-electron chi connectivity index (χ3n) is 4.19. The average molecular weight is 300 g/mol. The molecule has 108 valence electrons. The van der Waals surface area contributed by atoms with Gasteiger partial charge in [0.15, 0.2) is 0 Å². The van der Waals surface area contributed by atoms with Crippen LogP contribution >= 0.6 is 11.3 Å². The number of nitrogens with zero attached hydrogens (tertiary/aromatic N) is 2. The maximum absolute atomic E-state index is 12.9. The minimum absolute atomic E-state index is 0.0122. The second-order valence-electron chi connectivity index (χ2n) is 5.69. The number of carbonyl (C=O) groups excluding carboxylic acids is 1. The SMILES string of the molecule is O=C(c1scnc1C1CC1)N1CCCc2cccc(O)c21. The van der Waals surface area contributed by atoms with Crippen molar-refractivity contribution in [1.82, 2.24) is 4.98 Å². The van der Waals surface area contributed by atoms with Crippen molar-refractivity contribution in [1.29, 1.82) is 0 Å². The van der Waals surface area contributed by atoms with Gasteiger partial charge in [0, 0.05) is 12.5 Å². The second kappa shape index (κ2) is 4.84. The molecular formula is C16H16N2O2S. The summed E-state index contributed by atoms with van der Waals surface area (Å²) in [4.78, 5) is 19.8. The lowest BCUT2D eigenvalue weighted by Gasteiger charge is -2.29. The summed E-state index contributed by atoms with van der Waals surface area (Å²) in [5.74, 6) is 0.642. The molecule has 1 aromatic carbocycles. The predicted molar refractivity (Wildman–Crippen MR) is 82.2 cm³/mol. The number of aromatic hydroxyl groups is 1. The van der Waals surface area contributed by atoms with E-state index in [2.05, 4.69) is 4.98 Å². The van der Waals surface area contributed by atoms with Crippen molar-refractivity contribution in [3.63, 3.8) is 0 Å². The Kier molecular flexibility index (Phi) is 2.96. The van der Waals surface area contributed by atoms with Crippen LogP contribution in [-0.4, -0.2) is 22.5 Å². The van der Waals surface area contributed by atoms with E-state index in [0.29, 0.717) is 18.2 Å². The molecule has 0 unspecified atom stereocenters. The zero-order valence-corrected chi connectivity index (χ0v) is 12.4. The molecule has 4 nitrogen and oxygen atoms in total. The largest absolute Gasteiger partial charge is 0.506 e. The number of amides is 1. The minimum atomic E-state index is -0.0122. The molecule has 1 amide bonds. The lowest BCUT2D eigenvalue weighted by molar-refractivity contribution is 0.0987. The van der Waals surface area contributed by atoms with Crippen LogP contribution in [0, 0.1) is 0 Å². The fourth-order valence-electron chi connectivity index (χ4n) is 3.02. The van der Waals surface area contributed by atoms with Crippen molar-refractivity contribution in [3.8, 4) is 5.75 Å². The summed E-state index contributed by atoms with van der Waals surface area (Å²) < 4.78 is 0. The molecule has 4 rings (SSSR count). The van der Waals surface area contributed by atoms with Crippen LogP contribution in [-0.2, 0) is 6.42 Å². The van der Waals surface area contributed by atoms with Crippen LogP contribution in [0.3, 0.4) is 0 Å². The van der Waals surface area contributed by atoms with Crippen molar-refractivity contribution < 1.29 is 9.90 Å². The van der Waals surface area contributed by atoms with Crippen LogP contribution in [0.4, 0.5) is 5.69 Å². The van der Waals surface area contributed by atoms with Crippen molar-refractivity contribution in [2.24, 2.45) is 0 Å². The summed E-state index contributed by atoms with van der Waals surface area (Å²) in [7, 11) is 0. The first kappa shape index (κ1) is 12.8. The second-order valence-corrected chi connectivity index (χ2v) is 6.54. The maximum atomic E-state index is 12.9. The Hall–Kier alpha value is -1.88. The molecule has 0 bridgehead atoms. The molecule has 2 heterocycles. The van der Waals surface area contributed by atoms with E-state index in [1.165, 1.54) is 11.3 Å². The summed E-state index contributed by atoms with van der Waals surface area (Å²) in [6.07, 6.45) is 4.10. The van der Waals surface area contributed by atoms with Gasteiger partial charge in [-0.2, -0.15) is 0 Å². The Morgan fingerprint density at radius 3 is 3.05 bits per heavy atom. The Bertz CT molecular complexity index is 706. The van der Waals surface area contributed by atoms with E-state index in [9.17, 15) is 9.90 Å². The Morgan fingerprint density at radius 1 is 1.38 bits per heavy atom.